The Morgan fingerprint density at radius 2 is 1.68 bits per heavy atom. The number of nitrogens with one attached hydrogen (secondary N) is 1. The Labute approximate surface area is 240 Å². The molecule has 0 radical (unpaired) electrons. The molecule has 0 bridgehead atoms. The summed E-state index contributed by atoms with van der Waals surface area (Å²) in [6, 6.07) is 22.1. The van der Waals surface area contributed by atoms with E-state index in [4.69, 9.17) is 9.47 Å². The lowest BCUT2D eigenvalue weighted by Gasteiger charge is -2.34. The highest BCUT2D eigenvalue weighted by Crippen LogP contribution is 2.33. The van der Waals surface area contributed by atoms with Crippen LogP contribution in [0.25, 0.3) is 11.0 Å². The van der Waals surface area contributed by atoms with Gasteiger partial charge in [-0.3, -0.25) is 9.59 Å². The lowest BCUT2D eigenvalue weighted by molar-refractivity contribution is -0.141. The third-order valence-corrected chi connectivity index (χ3v) is 7.74. The molecule has 1 aromatic heterocycles. The largest absolute Gasteiger partial charge is 0.493 e. The van der Waals surface area contributed by atoms with Gasteiger partial charge in [-0.25, -0.2) is 4.68 Å². The molecule has 1 saturated carbocycles. The molecule has 0 saturated heterocycles. The summed E-state index contributed by atoms with van der Waals surface area (Å²) < 4.78 is 12.6. The summed E-state index contributed by atoms with van der Waals surface area (Å²) in [5.74, 6) is 0.626. The average Bonchev–Trinajstić information content (AvgIpc) is 3.42. The van der Waals surface area contributed by atoms with Crippen molar-refractivity contribution in [3.05, 3.63) is 83.9 Å². The summed E-state index contributed by atoms with van der Waals surface area (Å²) in [6.45, 7) is 0.294. The lowest BCUT2D eigenvalue weighted by atomic mass is 9.94. The van der Waals surface area contributed by atoms with Gasteiger partial charge in [-0.2, -0.15) is 0 Å². The highest BCUT2D eigenvalue weighted by molar-refractivity contribution is 5.89. The van der Waals surface area contributed by atoms with E-state index in [2.05, 4.69) is 15.6 Å². The first-order valence-corrected chi connectivity index (χ1v) is 14.2. The van der Waals surface area contributed by atoms with Crippen LogP contribution in [-0.4, -0.2) is 58.5 Å². The van der Waals surface area contributed by atoms with E-state index in [1.807, 2.05) is 60.7 Å². The van der Waals surface area contributed by atoms with Crippen LogP contribution in [0.1, 0.15) is 49.3 Å². The quantitative estimate of drug-likeness (QED) is 0.288. The zero-order valence-electron chi connectivity index (χ0n) is 23.7. The fourth-order valence-electron chi connectivity index (χ4n) is 5.57. The van der Waals surface area contributed by atoms with Crippen molar-refractivity contribution in [3.63, 3.8) is 0 Å². The van der Waals surface area contributed by atoms with Gasteiger partial charge in [0.2, 0.25) is 11.8 Å². The molecule has 1 fully saturated rings. The number of benzene rings is 3. The van der Waals surface area contributed by atoms with Gasteiger partial charge in [0, 0.05) is 12.6 Å². The highest BCUT2D eigenvalue weighted by atomic mass is 16.5. The third-order valence-electron chi connectivity index (χ3n) is 7.74. The van der Waals surface area contributed by atoms with Crippen LogP contribution < -0.4 is 14.8 Å². The summed E-state index contributed by atoms with van der Waals surface area (Å²) in [7, 11) is 3.13. The number of hydrogen-bond acceptors (Lipinski definition) is 6. The second kappa shape index (κ2) is 13.3. The van der Waals surface area contributed by atoms with Crippen LogP contribution in [-0.2, 0) is 22.6 Å². The van der Waals surface area contributed by atoms with Crippen LogP contribution in [0.5, 0.6) is 11.5 Å². The van der Waals surface area contributed by atoms with Crippen molar-refractivity contribution in [2.24, 2.45) is 0 Å². The van der Waals surface area contributed by atoms with E-state index in [0.29, 0.717) is 35.5 Å². The van der Waals surface area contributed by atoms with Gasteiger partial charge < -0.3 is 19.7 Å². The third kappa shape index (κ3) is 6.67. The Bertz CT molecular complexity index is 1470. The van der Waals surface area contributed by atoms with Crippen LogP contribution in [0.4, 0.5) is 0 Å². The maximum Gasteiger partial charge on any atom is 0.247 e. The minimum atomic E-state index is -0.872. The maximum absolute atomic E-state index is 14.2. The molecule has 0 spiro atoms. The second-order valence-electron chi connectivity index (χ2n) is 10.4. The molecule has 0 unspecified atom stereocenters. The van der Waals surface area contributed by atoms with Crippen molar-refractivity contribution in [1.29, 1.82) is 0 Å². The van der Waals surface area contributed by atoms with Crippen LogP contribution in [0.15, 0.2) is 72.8 Å². The van der Waals surface area contributed by atoms with Crippen molar-refractivity contribution in [2.75, 3.05) is 20.8 Å². The standard InChI is InChI=1S/C32H37N5O4/c1-40-28-18-17-24(21-29(28)41-2)31(32(39)33-25-13-7-4-8-14-25)36(20-19-23-11-5-3-6-12-23)30(38)22-37-27-16-10-9-15-26(27)34-35-37/h3,5-6,9-12,15-18,21,25,31H,4,7-8,13-14,19-20,22H2,1-2H3,(H,33,39)/t31-/m1/s1. The van der Waals surface area contributed by atoms with Crippen molar-refractivity contribution in [2.45, 2.75) is 57.2 Å². The maximum atomic E-state index is 14.2. The number of fused-ring (bicyclic) bond motifs is 1. The van der Waals surface area contributed by atoms with Crippen LogP contribution in [0, 0.1) is 0 Å². The van der Waals surface area contributed by atoms with Crippen molar-refractivity contribution in [1.82, 2.24) is 25.2 Å². The molecular weight excluding hydrogens is 518 g/mol. The zero-order chi connectivity index (χ0) is 28.6. The fraction of sp³-hybridized carbons (Fsp3) is 0.375. The molecule has 9 nitrogen and oxygen atoms in total. The number of aromatic nitrogens is 3. The Kier molecular flexibility index (Phi) is 9.13. The number of nitrogens with zero attached hydrogens (tertiary/aromatic N) is 4. The average molecular weight is 556 g/mol. The second-order valence-corrected chi connectivity index (χ2v) is 10.4. The van der Waals surface area contributed by atoms with E-state index < -0.39 is 6.04 Å². The van der Waals surface area contributed by atoms with Gasteiger partial charge in [-0.15, -0.1) is 5.10 Å². The number of para-hydroxylation sites is 1. The number of ether oxygens (including phenoxy) is 2. The summed E-state index contributed by atoms with van der Waals surface area (Å²) >= 11 is 0. The van der Waals surface area contributed by atoms with Gasteiger partial charge >= 0.3 is 0 Å². The predicted octanol–water partition coefficient (Wildman–Crippen LogP) is 4.71. The number of amides is 2. The molecule has 3 aromatic carbocycles. The topological polar surface area (TPSA) is 98.6 Å². The molecule has 1 aliphatic carbocycles. The highest BCUT2D eigenvalue weighted by Gasteiger charge is 2.34. The van der Waals surface area contributed by atoms with Gasteiger partial charge in [-0.1, -0.05) is 73.0 Å². The van der Waals surface area contributed by atoms with Crippen LogP contribution in [0.2, 0.25) is 0 Å². The smallest absolute Gasteiger partial charge is 0.247 e. The molecule has 9 heteroatoms. The van der Waals surface area contributed by atoms with Crippen LogP contribution in [0.3, 0.4) is 0 Å². The van der Waals surface area contributed by atoms with E-state index in [-0.39, 0.29) is 24.4 Å². The first-order chi connectivity index (χ1) is 20.1. The number of rotatable bonds is 11. The summed E-state index contributed by atoms with van der Waals surface area (Å²) in [5, 5.41) is 11.7. The molecule has 1 heterocycles. The van der Waals surface area contributed by atoms with Gasteiger partial charge in [0.05, 0.1) is 19.7 Å². The minimum absolute atomic E-state index is 0.0458. The minimum Gasteiger partial charge on any atom is -0.493 e. The van der Waals surface area contributed by atoms with E-state index in [0.717, 1.165) is 36.8 Å². The van der Waals surface area contributed by atoms with Gasteiger partial charge in [0.1, 0.15) is 18.1 Å². The molecule has 4 aromatic rings. The van der Waals surface area contributed by atoms with E-state index in [9.17, 15) is 9.59 Å². The normalized spacial score (nSPS) is 14.4. The molecule has 2 amide bonds. The summed E-state index contributed by atoms with van der Waals surface area (Å²) in [4.78, 5) is 30.0. The monoisotopic (exact) mass is 555 g/mol. The molecule has 5 rings (SSSR count). The number of methoxy groups -OCH3 is 2. The first-order valence-electron chi connectivity index (χ1n) is 14.2. The number of carbonyl (C=O) groups is 2. The Hall–Kier alpha value is -4.40. The van der Waals surface area contributed by atoms with Crippen molar-refractivity contribution >= 4 is 22.8 Å². The van der Waals surface area contributed by atoms with Crippen LogP contribution >= 0.6 is 0 Å². The predicted molar refractivity (Wildman–Crippen MR) is 157 cm³/mol. The molecular formula is C32H37N5O4. The Balaban J connectivity index is 1.52. The molecule has 1 N–H and O–H groups in total. The van der Waals surface area contributed by atoms with E-state index in [1.54, 1.807) is 35.9 Å². The SMILES string of the molecule is COc1ccc([C@H](C(=O)NC2CCCCC2)N(CCc2ccccc2)C(=O)Cn2nnc3ccccc32)cc1OC. The number of carbonyl (C=O) groups excluding carboxylic acids is 2. The van der Waals surface area contributed by atoms with Gasteiger partial charge in [-0.05, 0) is 54.7 Å². The fourth-order valence-corrected chi connectivity index (χ4v) is 5.57. The van der Waals surface area contributed by atoms with Gasteiger partial charge in [0.25, 0.3) is 0 Å². The van der Waals surface area contributed by atoms with E-state index in [1.165, 1.54) is 6.42 Å². The van der Waals surface area contributed by atoms with E-state index >= 15 is 0 Å². The molecule has 1 atom stereocenters. The zero-order valence-corrected chi connectivity index (χ0v) is 23.7. The summed E-state index contributed by atoms with van der Waals surface area (Å²) in [6.07, 6.45) is 5.81. The lowest BCUT2D eigenvalue weighted by Crippen LogP contribution is -2.48. The Morgan fingerprint density at radius 1 is 0.951 bits per heavy atom. The van der Waals surface area contributed by atoms with Gasteiger partial charge in [0.15, 0.2) is 11.5 Å². The number of hydrogen-bond donors (Lipinski definition) is 1. The van der Waals surface area contributed by atoms with Crippen molar-refractivity contribution < 1.29 is 19.1 Å². The Morgan fingerprint density at radius 3 is 2.44 bits per heavy atom. The molecule has 41 heavy (non-hydrogen) atoms. The first kappa shape index (κ1) is 28.1. The molecule has 1 aliphatic rings. The molecule has 0 aliphatic heterocycles. The molecule has 214 valence electrons. The summed E-state index contributed by atoms with van der Waals surface area (Å²) in [5.41, 5.74) is 3.21. The van der Waals surface area contributed by atoms with Crippen molar-refractivity contribution in [3.8, 4) is 11.5 Å².